The second-order valence-electron chi connectivity index (χ2n) is 5.68. The van der Waals surface area contributed by atoms with Crippen LogP contribution in [0.5, 0.6) is 0 Å². The van der Waals surface area contributed by atoms with Crippen molar-refractivity contribution in [1.82, 2.24) is 0 Å². The lowest BCUT2D eigenvalue weighted by molar-refractivity contribution is -0.180. The monoisotopic (exact) mass is 316 g/mol. The molecule has 0 aromatic heterocycles. The van der Waals surface area contributed by atoms with Crippen LogP contribution in [0.1, 0.15) is 41.0 Å². The van der Waals surface area contributed by atoms with E-state index in [0.717, 1.165) is 6.42 Å². The molecular weight excluding hydrogens is 288 g/mol. The molecule has 0 radical (unpaired) electrons. The highest BCUT2D eigenvalue weighted by atomic mass is 16.6. The Balaban J connectivity index is 4.33. The van der Waals surface area contributed by atoms with E-state index in [1.165, 1.54) is 0 Å². The number of hydrogen-bond acceptors (Lipinski definition) is 6. The van der Waals surface area contributed by atoms with Gasteiger partial charge in [-0.25, -0.2) is 9.59 Å². The molecular formula is C16H28O6. The molecule has 6 heteroatoms. The SMILES string of the molecule is C=C(C)C(=O)OCC(C)OC(C)(C)C(=O)OCC(CC)OC. The molecule has 0 aromatic carbocycles. The Labute approximate surface area is 132 Å². The van der Waals surface area contributed by atoms with Crippen molar-refractivity contribution in [3.8, 4) is 0 Å². The largest absolute Gasteiger partial charge is 0.461 e. The average Bonchev–Trinajstić information content (AvgIpc) is 2.44. The van der Waals surface area contributed by atoms with E-state index in [2.05, 4.69) is 6.58 Å². The minimum absolute atomic E-state index is 0.0397. The number of esters is 2. The molecule has 0 fully saturated rings. The van der Waals surface area contributed by atoms with Crippen molar-refractivity contribution in [3.63, 3.8) is 0 Å². The highest BCUT2D eigenvalue weighted by Gasteiger charge is 2.33. The summed E-state index contributed by atoms with van der Waals surface area (Å²) in [5.74, 6) is -0.970. The Morgan fingerprint density at radius 1 is 1.18 bits per heavy atom. The zero-order valence-electron chi connectivity index (χ0n) is 14.4. The standard InChI is InChI=1S/C16H28O6/c1-8-13(19-7)10-21-15(18)16(5,6)22-12(4)9-20-14(17)11(2)3/h12-13H,2,8-10H2,1,3-7H3. The molecule has 0 spiro atoms. The predicted molar refractivity (Wildman–Crippen MR) is 82.4 cm³/mol. The average molecular weight is 316 g/mol. The third kappa shape index (κ3) is 7.56. The van der Waals surface area contributed by atoms with Gasteiger partial charge in [0.1, 0.15) is 13.2 Å². The van der Waals surface area contributed by atoms with Crippen LogP contribution < -0.4 is 0 Å². The predicted octanol–water partition coefficient (Wildman–Crippen LogP) is 2.26. The summed E-state index contributed by atoms with van der Waals surface area (Å²) in [6.07, 6.45) is 0.169. The van der Waals surface area contributed by atoms with E-state index < -0.39 is 23.6 Å². The first-order valence-corrected chi connectivity index (χ1v) is 7.34. The van der Waals surface area contributed by atoms with Crippen LogP contribution in [-0.4, -0.2) is 50.1 Å². The molecule has 0 N–H and O–H groups in total. The molecule has 6 nitrogen and oxygen atoms in total. The smallest absolute Gasteiger partial charge is 0.337 e. The Morgan fingerprint density at radius 3 is 2.23 bits per heavy atom. The molecule has 2 atom stereocenters. The van der Waals surface area contributed by atoms with Gasteiger partial charge in [0.2, 0.25) is 0 Å². The van der Waals surface area contributed by atoms with Gasteiger partial charge < -0.3 is 18.9 Å². The molecule has 0 aliphatic carbocycles. The Hall–Kier alpha value is -1.40. The fourth-order valence-corrected chi connectivity index (χ4v) is 1.60. The normalized spacial score (nSPS) is 14.1. The quantitative estimate of drug-likeness (QED) is 0.455. The number of hydrogen-bond donors (Lipinski definition) is 0. The molecule has 0 aliphatic rings. The van der Waals surface area contributed by atoms with Crippen LogP contribution in [0.2, 0.25) is 0 Å². The van der Waals surface area contributed by atoms with Crippen molar-refractivity contribution < 1.29 is 28.5 Å². The molecule has 0 saturated heterocycles. The summed E-state index contributed by atoms with van der Waals surface area (Å²) in [6.45, 7) is 12.2. The van der Waals surface area contributed by atoms with Crippen LogP contribution in [0.25, 0.3) is 0 Å². The van der Waals surface area contributed by atoms with Gasteiger partial charge >= 0.3 is 11.9 Å². The zero-order valence-corrected chi connectivity index (χ0v) is 14.4. The van der Waals surface area contributed by atoms with Crippen LogP contribution in [0.3, 0.4) is 0 Å². The Bertz CT molecular complexity index is 384. The number of methoxy groups -OCH3 is 1. The van der Waals surface area contributed by atoms with Crippen molar-refractivity contribution >= 4 is 11.9 Å². The highest BCUT2D eigenvalue weighted by molar-refractivity contribution is 5.86. The first-order chi connectivity index (χ1) is 10.1. The van der Waals surface area contributed by atoms with Crippen LogP contribution >= 0.6 is 0 Å². The van der Waals surface area contributed by atoms with Gasteiger partial charge in [-0.2, -0.15) is 0 Å². The minimum atomic E-state index is -1.14. The Kier molecular flexibility index (Phi) is 8.97. The van der Waals surface area contributed by atoms with Crippen molar-refractivity contribution in [2.45, 2.75) is 58.8 Å². The minimum Gasteiger partial charge on any atom is -0.461 e. The van der Waals surface area contributed by atoms with E-state index >= 15 is 0 Å². The number of carbonyl (C=O) groups excluding carboxylic acids is 2. The Morgan fingerprint density at radius 2 is 1.77 bits per heavy atom. The second kappa shape index (κ2) is 9.58. The third-order valence-corrected chi connectivity index (χ3v) is 2.97. The first kappa shape index (κ1) is 20.6. The summed E-state index contributed by atoms with van der Waals surface area (Å²) in [7, 11) is 1.57. The fourth-order valence-electron chi connectivity index (χ4n) is 1.60. The number of ether oxygens (including phenoxy) is 4. The molecule has 0 bridgehead atoms. The molecule has 0 saturated carbocycles. The van der Waals surface area contributed by atoms with Gasteiger partial charge in [0.15, 0.2) is 5.60 Å². The lowest BCUT2D eigenvalue weighted by atomic mass is 10.1. The second-order valence-corrected chi connectivity index (χ2v) is 5.68. The topological polar surface area (TPSA) is 71.1 Å². The van der Waals surface area contributed by atoms with E-state index in [0.29, 0.717) is 5.57 Å². The van der Waals surface area contributed by atoms with E-state index in [9.17, 15) is 9.59 Å². The van der Waals surface area contributed by atoms with Gasteiger partial charge in [-0.15, -0.1) is 0 Å². The summed E-state index contributed by atoms with van der Waals surface area (Å²) in [4.78, 5) is 23.4. The van der Waals surface area contributed by atoms with Crippen molar-refractivity contribution in [1.29, 1.82) is 0 Å². The maximum atomic E-state index is 12.1. The lowest BCUT2D eigenvalue weighted by Crippen LogP contribution is -2.41. The number of carbonyl (C=O) groups is 2. The molecule has 22 heavy (non-hydrogen) atoms. The summed E-state index contributed by atoms with van der Waals surface area (Å²) in [5.41, 5.74) is -0.822. The zero-order chi connectivity index (χ0) is 17.3. The summed E-state index contributed by atoms with van der Waals surface area (Å²) in [6, 6.07) is 0. The fraction of sp³-hybridized carbons (Fsp3) is 0.750. The summed E-state index contributed by atoms with van der Waals surface area (Å²) >= 11 is 0. The van der Waals surface area contributed by atoms with Crippen molar-refractivity contribution in [2.24, 2.45) is 0 Å². The molecule has 0 aromatic rings. The summed E-state index contributed by atoms with van der Waals surface area (Å²) < 4.78 is 20.9. The van der Waals surface area contributed by atoms with E-state index in [-0.39, 0.29) is 19.3 Å². The van der Waals surface area contributed by atoms with Gasteiger partial charge in [-0.3, -0.25) is 0 Å². The van der Waals surface area contributed by atoms with Crippen LogP contribution in [0.4, 0.5) is 0 Å². The van der Waals surface area contributed by atoms with Gasteiger partial charge in [-0.1, -0.05) is 13.5 Å². The van der Waals surface area contributed by atoms with Crippen molar-refractivity contribution in [2.75, 3.05) is 20.3 Å². The van der Waals surface area contributed by atoms with Gasteiger partial charge in [0, 0.05) is 12.7 Å². The van der Waals surface area contributed by atoms with Gasteiger partial charge in [-0.05, 0) is 34.1 Å². The van der Waals surface area contributed by atoms with E-state index in [4.69, 9.17) is 18.9 Å². The molecule has 0 rings (SSSR count). The van der Waals surface area contributed by atoms with Crippen LogP contribution in [-0.2, 0) is 28.5 Å². The maximum absolute atomic E-state index is 12.1. The number of rotatable bonds is 10. The first-order valence-electron chi connectivity index (χ1n) is 7.34. The molecule has 0 heterocycles. The van der Waals surface area contributed by atoms with E-state index in [1.807, 2.05) is 6.92 Å². The van der Waals surface area contributed by atoms with Crippen molar-refractivity contribution in [3.05, 3.63) is 12.2 Å². The van der Waals surface area contributed by atoms with E-state index in [1.54, 1.807) is 34.8 Å². The molecule has 2 unspecified atom stereocenters. The summed E-state index contributed by atoms with van der Waals surface area (Å²) in [5, 5.41) is 0. The maximum Gasteiger partial charge on any atom is 0.337 e. The van der Waals surface area contributed by atoms with Gasteiger partial charge in [0.05, 0.1) is 12.2 Å². The van der Waals surface area contributed by atoms with Crippen LogP contribution in [0.15, 0.2) is 12.2 Å². The third-order valence-electron chi connectivity index (χ3n) is 2.97. The molecule has 0 amide bonds. The van der Waals surface area contributed by atoms with Gasteiger partial charge in [0.25, 0.3) is 0 Å². The molecule has 0 aliphatic heterocycles. The molecule has 128 valence electrons. The lowest BCUT2D eigenvalue weighted by Gasteiger charge is -2.27. The highest BCUT2D eigenvalue weighted by Crippen LogP contribution is 2.16. The van der Waals surface area contributed by atoms with Crippen LogP contribution in [0, 0.1) is 0 Å².